The summed E-state index contributed by atoms with van der Waals surface area (Å²) in [5.41, 5.74) is 1.00. The molecule has 1 aromatic carbocycles. The minimum Gasteiger partial charge on any atom is -0.453 e. The lowest BCUT2D eigenvalue weighted by molar-refractivity contribution is -0.155. The summed E-state index contributed by atoms with van der Waals surface area (Å²) in [4.78, 5) is 24.4. The van der Waals surface area contributed by atoms with Crippen molar-refractivity contribution in [3.8, 4) is 0 Å². The zero-order chi connectivity index (χ0) is 19.2. The SMILES string of the molecule is CCCC(NC(=O)C(C)OC(=O)CC1C=CS(=O)(=O)C1)c1ccccc1. The average molecular weight is 379 g/mol. The van der Waals surface area contributed by atoms with Crippen molar-refractivity contribution in [1.82, 2.24) is 5.32 Å². The van der Waals surface area contributed by atoms with Crippen LogP contribution in [0.2, 0.25) is 0 Å². The summed E-state index contributed by atoms with van der Waals surface area (Å²) in [6.45, 7) is 3.55. The molecule has 6 nitrogen and oxygen atoms in total. The van der Waals surface area contributed by atoms with Crippen LogP contribution in [0.4, 0.5) is 0 Å². The van der Waals surface area contributed by atoms with Gasteiger partial charge in [0.05, 0.1) is 18.2 Å². The molecule has 1 heterocycles. The van der Waals surface area contributed by atoms with Crippen molar-refractivity contribution in [3.63, 3.8) is 0 Å². The number of carbonyl (C=O) groups excluding carboxylic acids is 2. The fourth-order valence-corrected chi connectivity index (χ4v) is 4.26. The molecule has 26 heavy (non-hydrogen) atoms. The first-order valence-corrected chi connectivity index (χ1v) is 10.5. The van der Waals surface area contributed by atoms with Crippen LogP contribution in [0.5, 0.6) is 0 Å². The molecule has 3 atom stereocenters. The number of ether oxygens (including phenoxy) is 1. The summed E-state index contributed by atoms with van der Waals surface area (Å²) in [6.07, 6.45) is 2.18. The highest BCUT2D eigenvalue weighted by molar-refractivity contribution is 7.94. The van der Waals surface area contributed by atoms with Gasteiger partial charge in [-0.3, -0.25) is 9.59 Å². The topological polar surface area (TPSA) is 89.5 Å². The molecule has 3 unspecified atom stereocenters. The van der Waals surface area contributed by atoms with E-state index in [1.54, 1.807) is 0 Å². The van der Waals surface area contributed by atoms with E-state index in [1.807, 2.05) is 37.3 Å². The highest BCUT2D eigenvalue weighted by atomic mass is 32.2. The van der Waals surface area contributed by atoms with E-state index >= 15 is 0 Å². The number of allylic oxidation sites excluding steroid dienone is 1. The molecule has 0 radical (unpaired) electrons. The van der Waals surface area contributed by atoms with Gasteiger partial charge in [0, 0.05) is 11.3 Å². The minimum atomic E-state index is -3.21. The van der Waals surface area contributed by atoms with E-state index in [-0.39, 0.29) is 30.0 Å². The smallest absolute Gasteiger partial charge is 0.307 e. The van der Waals surface area contributed by atoms with Gasteiger partial charge in [-0.1, -0.05) is 49.8 Å². The Morgan fingerprint density at radius 3 is 2.54 bits per heavy atom. The van der Waals surface area contributed by atoms with Crippen LogP contribution in [-0.4, -0.2) is 32.2 Å². The van der Waals surface area contributed by atoms with Crippen LogP contribution in [0.25, 0.3) is 0 Å². The molecule has 0 saturated heterocycles. The van der Waals surface area contributed by atoms with E-state index in [0.717, 1.165) is 23.8 Å². The molecule has 142 valence electrons. The number of hydrogen-bond acceptors (Lipinski definition) is 5. The van der Waals surface area contributed by atoms with Crippen molar-refractivity contribution in [2.75, 3.05) is 5.75 Å². The fourth-order valence-electron chi connectivity index (χ4n) is 2.87. The van der Waals surface area contributed by atoms with Crippen LogP contribution in [0, 0.1) is 5.92 Å². The molecule has 2 rings (SSSR count). The van der Waals surface area contributed by atoms with Gasteiger partial charge in [0.15, 0.2) is 15.9 Å². The summed E-state index contributed by atoms with van der Waals surface area (Å²) in [6, 6.07) is 9.50. The largest absolute Gasteiger partial charge is 0.453 e. The summed E-state index contributed by atoms with van der Waals surface area (Å²) in [5.74, 6) is -1.42. The van der Waals surface area contributed by atoms with Gasteiger partial charge in [0.25, 0.3) is 5.91 Å². The lowest BCUT2D eigenvalue weighted by Crippen LogP contribution is -2.38. The first-order chi connectivity index (χ1) is 12.3. The van der Waals surface area contributed by atoms with Crippen LogP contribution >= 0.6 is 0 Å². The Hall–Kier alpha value is -2.15. The zero-order valence-corrected chi connectivity index (χ0v) is 15.9. The minimum absolute atomic E-state index is 0.0512. The molecule has 0 bridgehead atoms. The molecule has 0 aromatic heterocycles. The van der Waals surface area contributed by atoms with Crippen molar-refractivity contribution >= 4 is 21.7 Å². The van der Waals surface area contributed by atoms with Crippen LogP contribution < -0.4 is 5.32 Å². The van der Waals surface area contributed by atoms with E-state index in [9.17, 15) is 18.0 Å². The van der Waals surface area contributed by atoms with Crippen molar-refractivity contribution in [2.24, 2.45) is 5.92 Å². The van der Waals surface area contributed by atoms with Crippen LogP contribution in [0.3, 0.4) is 0 Å². The molecule has 1 amide bonds. The fraction of sp³-hybridized carbons (Fsp3) is 0.474. The van der Waals surface area contributed by atoms with Gasteiger partial charge < -0.3 is 10.1 Å². The second-order valence-electron chi connectivity index (χ2n) is 6.51. The molecule has 1 aliphatic rings. The number of esters is 1. The zero-order valence-electron chi connectivity index (χ0n) is 15.1. The molecule has 0 aliphatic carbocycles. The maximum absolute atomic E-state index is 12.4. The first kappa shape index (κ1) is 20.2. The molecule has 1 aromatic rings. The van der Waals surface area contributed by atoms with Gasteiger partial charge in [0.1, 0.15) is 0 Å². The predicted molar refractivity (Wildman–Crippen MR) is 98.8 cm³/mol. The van der Waals surface area contributed by atoms with E-state index in [1.165, 1.54) is 13.0 Å². The average Bonchev–Trinajstić information content (AvgIpc) is 2.93. The van der Waals surface area contributed by atoms with E-state index in [2.05, 4.69) is 5.32 Å². The number of carbonyl (C=O) groups is 2. The highest BCUT2D eigenvalue weighted by Gasteiger charge is 2.27. The number of benzene rings is 1. The Kier molecular flexibility index (Phi) is 6.97. The number of sulfone groups is 1. The maximum Gasteiger partial charge on any atom is 0.307 e. The van der Waals surface area contributed by atoms with E-state index < -0.39 is 21.9 Å². The van der Waals surface area contributed by atoms with Crippen molar-refractivity contribution < 1.29 is 22.7 Å². The molecule has 1 aliphatic heterocycles. The number of amides is 1. The number of hydrogen-bond donors (Lipinski definition) is 1. The predicted octanol–water partition coefficient (Wildman–Crippen LogP) is 2.52. The Morgan fingerprint density at radius 2 is 1.96 bits per heavy atom. The monoisotopic (exact) mass is 379 g/mol. The molecule has 1 N–H and O–H groups in total. The standard InChI is InChI=1S/C19H25NO5S/c1-3-7-17(16-8-5-4-6-9-16)20-19(22)14(2)25-18(21)12-15-10-11-26(23,24)13-15/h4-6,8-11,14-15,17H,3,7,12-13H2,1-2H3,(H,20,22). The Labute approximate surface area is 154 Å². The normalized spacial score (nSPS) is 20.3. The van der Waals surface area contributed by atoms with Crippen LogP contribution in [0.1, 0.15) is 44.7 Å². The quantitative estimate of drug-likeness (QED) is 0.701. The second kappa shape index (κ2) is 8.98. The van der Waals surface area contributed by atoms with Crippen molar-refractivity contribution in [2.45, 2.75) is 45.3 Å². The van der Waals surface area contributed by atoms with E-state index in [0.29, 0.717) is 0 Å². The van der Waals surface area contributed by atoms with Crippen LogP contribution in [0.15, 0.2) is 41.8 Å². The van der Waals surface area contributed by atoms with Gasteiger partial charge in [-0.05, 0) is 18.9 Å². The molecule has 0 saturated carbocycles. The third-order valence-corrected chi connectivity index (χ3v) is 5.67. The Bertz CT molecular complexity index is 757. The summed E-state index contributed by atoms with van der Waals surface area (Å²) in [7, 11) is -3.21. The van der Waals surface area contributed by atoms with Crippen molar-refractivity contribution in [1.29, 1.82) is 0 Å². The molecular weight excluding hydrogens is 354 g/mol. The molecular formula is C19H25NO5S. The van der Waals surface area contributed by atoms with Crippen molar-refractivity contribution in [3.05, 3.63) is 47.4 Å². The van der Waals surface area contributed by atoms with Gasteiger partial charge in [-0.2, -0.15) is 0 Å². The lowest BCUT2D eigenvalue weighted by atomic mass is 10.0. The summed E-state index contributed by atoms with van der Waals surface area (Å²) in [5, 5.41) is 4.04. The summed E-state index contributed by atoms with van der Waals surface area (Å²) < 4.78 is 27.9. The highest BCUT2D eigenvalue weighted by Crippen LogP contribution is 2.20. The van der Waals surface area contributed by atoms with Gasteiger partial charge >= 0.3 is 5.97 Å². The molecule has 7 heteroatoms. The Balaban J connectivity index is 1.87. The maximum atomic E-state index is 12.4. The Morgan fingerprint density at radius 1 is 1.27 bits per heavy atom. The third kappa shape index (κ3) is 5.98. The molecule has 0 fully saturated rings. The first-order valence-electron chi connectivity index (χ1n) is 8.76. The number of rotatable bonds is 8. The van der Waals surface area contributed by atoms with Crippen LogP contribution in [-0.2, 0) is 24.2 Å². The molecule has 0 spiro atoms. The van der Waals surface area contributed by atoms with Gasteiger partial charge in [0.2, 0.25) is 0 Å². The third-order valence-electron chi connectivity index (χ3n) is 4.21. The lowest BCUT2D eigenvalue weighted by Gasteiger charge is -2.21. The second-order valence-corrected chi connectivity index (χ2v) is 8.45. The summed E-state index contributed by atoms with van der Waals surface area (Å²) >= 11 is 0. The van der Waals surface area contributed by atoms with Gasteiger partial charge in [-0.15, -0.1) is 0 Å². The number of nitrogens with one attached hydrogen (secondary N) is 1. The van der Waals surface area contributed by atoms with E-state index in [4.69, 9.17) is 4.74 Å². The van der Waals surface area contributed by atoms with Gasteiger partial charge in [-0.25, -0.2) is 8.42 Å².